The number of primary sulfonamides is 1. The number of nitrogens with one attached hydrogen (secondary N) is 1. The number of nitrogens with zero attached hydrogens (tertiary/aromatic N) is 5. The summed E-state index contributed by atoms with van der Waals surface area (Å²) in [5, 5.41) is 5.96. The van der Waals surface area contributed by atoms with Gasteiger partial charge in [-0.1, -0.05) is 12.1 Å². The summed E-state index contributed by atoms with van der Waals surface area (Å²) in [6, 6.07) is 11.6. The number of sulfonamides is 1. The predicted molar refractivity (Wildman–Crippen MR) is 220 cm³/mol. The molecule has 0 aromatic heterocycles. The number of carbonyl (C=O) groups is 7. The van der Waals surface area contributed by atoms with E-state index in [-0.39, 0.29) is 69.3 Å². The molecule has 0 aliphatic rings. The third-order valence-corrected chi connectivity index (χ3v) is 9.98. The highest BCUT2D eigenvalue weighted by atomic mass is 32.2. The van der Waals surface area contributed by atoms with Crippen LogP contribution in [0.2, 0.25) is 0 Å². The SMILES string of the molecule is COCCCN(CC(=O)N(CCc1ccc(S(N)(=O)=O)cc1)CC(N)=O)C(=O)CN(CCCOC)C(=O)CN(NC(=O)c1ccc(OC)cc1)C(=O)CN(CCOC)C(C)=O. The van der Waals surface area contributed by atoms with E-state index in [0.29, 0.717) is 17.7 Å². The molecule has 2 aromatic rings. The molecule has 61 heavy (non-hydrogen) atoms. The van der Waals surface area contributed by atoms with Crippen LogP contribution in [0.3, 0.4) is 0 Å². The lowest BCUT2D eigenvalue weighted by Gasteiger charge is -2.31. The fourth-order valence-electron chi connectivity index (χ4n) is 5.65. The van der Waals surface area contributed by atoms with Crippen LogP contribution in [0.25, 0.3) is 0 Å². The molecule has 0 unspecified atom stereocenters. The van der Waals surface area contributed by atoms with Crippen molar-refractivity contribution in [2.24, 2.45) is 10.9 Å². The fraction of sp³-hybridized carbons (Fsp3) is 0.513. The van der Waals surface area contributed by atoms with Crippen LogP contribution in [0.1, 0.15) is 35.7 Å². The number of carbonyl (C=O) groups excluding carboxylic acids is 7. The number of methoxy groups -OCH3 is 4. The predicted octanol–water partition coefficient (Wildman–Crippen LogP) is -1.40. The van der Waals surface area contributed by atoms with Crippen LogP contribution in [0.5, 0.6) is 5.75 Å². The number of ether oxygens (including phenoxy) is 4. The molecule has 2 aromatic carbocycles. The highest BCUT2D eigenvalue weighted by Gasteiger charge is 2.29. The van der Waals surface area contributed by atoms with Crippen molar-refractivity contribution in [3.8, 4) is 5.75 Å². The van der Waals surface area contributed by atoms with Crippen LogP contribution in [-0.4, -0.2) is 182 Å². The van der Waals surface area contributed by atoms with Gasteiger partial charge >= 0.3 is 0 Å². The lowest BCUT2D eigenvalue weighted by molar-refractivity contribution is -0.148. The molecule has 338 valence electrons. The zero-order valence-electron chi connectivity index (χ0n) is 35.3. The molecule has 0 heterocycles. The maximum Gasteiger partial charge on any atom is 0.269 e. The van der Waals surface area contributed by atoms with Crippen molar-refractivity contribution in [2.75, 3.05) is 107 Å². The Balaban J connectivity index is 2.39. The molecule has 0 aliphatic carbocycles. The smallest absolute Gasteiger partial charge is 0.269 e. The van der Waals surface area contributed by atoms with Gasteiger partial charge in [-0.15, -0.1) is 0 Å². The van der Waals surface area contributed by atoms with Crippen molar-refractivity contribution in [2.45, 2.75) is 31.1 Å². The van der Waals surface area contributed by atoms with Crippen LogP contribution < -0.4 is 21.0 Å². The third kappa shape index (κ3) is 18.6. The summed E-state index contributed by atoms with van der Waals surface area (Å²) in [5.41, 5.74) is 8.67. The number of primary amides is 1. The van der Waals surface area contributed by atoms with Gasteiger partial charge in [0.2, 0.25) is 39.6 Å². The minimum atomic E-state index is -3.93. The van der Waals surface area contributed by atoms with Gasteiger partial charge in [0, 0.05) is 73.2 Å². The standard InChI is InChI=1S/C39H58N8O13S/c1-29(48)43(20-23-59-4)27-38(53)47(42-39(54)31-10-12-32(60-5)13-11-31)28-37(52)45(18-7-22-58-3)25-35(50)44(17-6-21-57-2)26-36(51)46(24-34(40)49)19-16-30-8-14-33(15-9-30)61(41,55)56/h8-15H,6-7,16-28H2,1-5H3,(H2,40,49)(H,42,54)(H2,41,55,56). The first-order valence-corrected chi connectivity index (χ1v) is 20.7. The Kier molecular flexibility index (Phi) is 22.4. The van der Waals surface area contributed by atoms with Gasteiger partial charge < -0.3 is 44.3 Å². The van der Waals surface area contributed by atoms with E-state index in [2.05, 4.69) is 5.43 Å². The molecule has 5 N–H and O–H groups in total. The maximum atomic E-state index is 14.1. The number of amides is 7. The summed E-state index contributed by atoms with van der Waals surface area (Å²) < 4.78 is 43.9. The zero-order chi connectivity index (χ0) is 45.5. The summed E-state index contributed by atoms with van der Waals surface area (Å²) >= 11 is 0. The van der Waals surface area contributed by atoms with E-state index in [1.165, 1.54) is 98.6 Å². The molecule has 0 saturated carbocycles. The van der Waals surface area contributed by atoms with E-state index >= 15 is 0 Å². The van der Waals surface area contributed by atoms with E-state index in [0.717, 1.165) is 9.91 Å². The van der Waals surface area contributed by atoms with E-state index in [4.69, 9.17) is 29.8 Å². The van der Waals surface area contributed by atoms with Gasteiger partial charge in [0.15, 0.2) is 0 Å². The number of hydrazine groups is 1. The van der Waals surface area contributed by atoms with Crippen molar-refractivity contribution >= 4 is 51.4 Å². The molecule has 2 rings (SSSR count). The van der Waals surface area contributed by atoms with E-state index in [1.54, 1.807) is 0 Å². The Morgan fingerprint density at radius 2 is 1.10 bits per heavy atom. The van der Waals surface area contributed by atoms with Gasteiger partial charge in [-0.25, -0.2) is 18.6 Å². The Labute approximate surface area is 356 Å². The summed E-state index contributed by atoms with van der Waals surface area (Å²) in [4.78, 5) is 97.9. The molecule has 0 bridgehead atoms. The van der Waals surface area contributed by atoms with Gasteiger partial charge in [0.25, 0.3) is 11.8 Å². The first kappa shape index (κ1) is 51.5. The molecule has 0 saturated heterocycles. The Bertz CT molecular complexity index is 1880. The van der Waals surface area contributed by atoms with Crippen molar-refractivity contribution in [3.05, 3.63) is 59.7 Å². The second-order valence-electron chi connectivity index (χ2n) is 13.6. The van der Waals surface area contributed by atoms with Gasteiger partial charge in [0.1, 0.15) is 18.8 Å². The Hall–Kier alpha value is -5.68. The maximum absolute atomic E-state index is 14.1. The van der Waals surface area contributed by atoms with Crippen molar-refractivity contribution in [1.82, 2.24) is 30.0 Å². The molecule has 22 heteroatoms. The quantitative estimate of drug-likeness (QED) is 0.0689. The summed E-state index contributed by atoms with van der Waals surface area (Å²) in [6.07, 6.45) is 0.767. The molecule has 0 atom stereocenters. The highest BCUT2D eigenvalue weighted by molar-refractivity contribution is 7.89. The topological polar surface area (TPSA) is 271 Å². The first-order valence-electron chi connectivity index (χ1n) is 19.1. The summed E-state index contributed by atoms with van der Waals surface area (Å²) in [6.45, 7) is -1.00. The van der Waals surface area contributed by atoms with Gasteiger partial charge in [-0.3, -0.25) is 39.0 Å². The van der Waals surface area contributed by atoms with E-state index in [9.17, 15) is 42.0 Å². The van der Waals surface area contributed by atoms with E-state index < -0.39 is 84.1 Å². The lowest BCUT2D eigenvalue weighted by atomic mass is 10.1. The largest absolute Gasteiger partial charge is 0.497 e. The highest BCUT2D eigenvalue weighted by Crippen LogP contribution is 2.13. The normalized spacial score (nSPS) is 11.0. The average molecular weight is 879 g/mol. The first-order chi connectivity index (χ1) is 28.9. The Morgan fingerprint density at radius 3 is 1.56 bits per heavy atom. The second-order valence-corrected chi connectivity index (χ2v) is 15.2. The minimum absolute atomic E-state index is 0.0167. The second kappa shape index (κ2) is 26.5. The monoisotopic (exact) mass is 878 g/mol. The van der Waals surface area contributed by atoms with Crippen LogP contribution in [-0.2, 0) is 59.4 Å². The van der Waals surface area contributed by atoms with Crippen LogP contribution in [0, 0.1) is 0 Å². The summed E-state index contributed by atoms with van der Waals surface area (Å²) in [5.74, 6) is -4.41. The Morgan fingerprint density at radius 1 is 0.607 bits per heavy atom. The average Bonchev–Trinajstić information content (AvgIpc) is 3.22. The van der Waals surface area contributed by atoms with Gasteiger partial charge in [-0.05, 0) is 61.2 Å². The summed E-state index contributed by atoms with van der Waals surface area (Å²) in [7, 11) is 1.87. The molecular weight excluding hydrogens is 821 g/mol. The van der Waals surface area contributed by atoms with Crippen molar-refractivity contribution in [3.63, 3.8) is 0 Å². The van der Waals surface area contributed by atoms with Crippen LogP contribution in [0.4, 0.5) is 0 Å². The number of hydrogen-bond acceptors (Lipinski definition) is 13. The van der Waals surface area contributed by atoms with E-state index in [1.807, 2.05) is 0 Å². The van der Waals surface area contributed by atoms with Crippen LogP contribution >= 0.6 is 0 Å². The number of hydrogen-bond donors (Lipinski definition) is 3. The molecule has 0 spiro atoms. The molecule has 21 nitrogen and oxygen atoms in total. The molecule has 0 fully saturated rings. The van der Waals surface area contributed by atoms with Gasteiger partial charge in [-0.2, -0.15) is 0 Å². The lowest BCUT2D eigenvalue weighted by Crippen LogP contribution is -2.55. The fourth-order valence-corrected chi connectivity index (χ4v) is 6.17. The van der Waals surface area contributed by atoms with Crippen LogP contribution in [0.15, 0.2) is 53.4 Å². The molecule has 7 amide bonds. The molecule has 0 radical (unpaired) electrons. The molecule has 0 aliphatic heterocycles. The number of benzene rings is 2. The number of rotatable bonds is 27. The zero-order valence-corrected chi connectivity index (χ0v) is 36.1. The third-order valence-electron chi connectivity index (χ3n) is 9.05. The number of nitrogens with two attached hydrogens (primary N) is 2. The van der Waals surface area contributed by atoms with Crippen molar-refractivity contribution < 1.29 is 60.9 Å². The molecular formula is C39H58N8O13S. The van der Waals surface area contributed by atoms with Gasteiger partial charge in [0.05, 0.1) is 38.2 Å². The van der Waals surface area contributed by atoms with Crippen molar-refractivity contribution in [1.29, 1.82) is 0 Å². The minimum Gasteiger partial charge on any atom is -0.497 e.